The second kappa shape index (κ2) is 3.97. The highest BCUT2D eigenvalue weighted by atomic mass is 16.3. The summed E-state index contributed by atoms with van der Waals surface area (Å²) in [4.78, 5) is 0. The van der Waals surface area contributed by atoms with Crippen molar-refractivity contribution in [3.05, 3.63) is 34.9 Å². The first-order valence-corrected chi connectivity index (χ1v) is 5.82. The van der Waals surface area contributed by atoms with E-state index in [1.165, 1.54) is 23.1 Å². The lowest BCUT2D eigenvalue weighted by molar-refractivity contribution is 0.146. The summed E-state index contributed by atoms with van der Waals surface area (Å²) in [6.07, 6.45) is 1.89. The number of aryl methyl sites for hydroxylation is 2. The van der Waals surface area contributed by atoms with Crippen LogP contribution in [-0.4, -0.2) is 11.2 Å². The highest BCUT2D eigenvalue weighted by Crippen LogP contribution is 2.41. The Morgan fingerprint density at radius 3 is 2.33 bits per heavy atom. The molecule has 82 valence electrons. The lowest BCUT2D eigenvalue weighted by Crippen LogP contribution is -2.15. The zero-order valence-corrected chi connectivity index (χ0v) is 9.83. The van der Waals surface area contributed by atoms with Gasteiger partial charge in [-0.3, -0.25) is 0 Å². The first-order chi connectivity index (χ1) is 7.09. The van der Waals surface area contributed by atoms with Crippen molar-refractivity contribution in [3.8, 4) is 0 Å². The van der Waals surface area contributed by atoms with Gasteiger partial charge in [-0.2, -0.15) is 0 Å². The van der Waals surface area contributed by atoms with Gasteiger partial charge in [-0.15, -0.1) is 0 Å². The van der Waals surface area contributed by atoms with Gasteiger partial charge in [0.05, 0.1) is 6.10 Å². The normalized spacial score (nSPS) is 26.4. The van der Waals surface area contributed by atoms with E-state index < -0.39 is 0 Å². The molecule has 0 heterocycles. The number of aliphatic hydroxyl groups excluding tert-OH is 1. The first-order valence-electron chi connectivity index (χ1n) is 5.82. The van der Waals surface area contributed by atoms with Crippen LogP contribution >= 0.6 is 0 Å². The van der Waals surface area contributed by atoms with Crippen LogP contribution in [0.1, 0.15) is 30.0 Å². The largest absolute Gasteiger partial charge is 0.392 e. The van der Waals surface area contributed by atoms with Crippen molar-refractivity contribution in [3.63, 3.8) is 0 Å². The average Bonchev–Trinajstić information content (AvgIpc) is 2.89. The Kier molecular flexibility index (Phi) is 2.83. The van der Waals surface area contributed by atoms with E-state index in [1.54, 1.807) is 0 Å². The van der Waals surface area contributed by atoms with Crippen molar-refractivity contribution in [2.75, 3.05) is 0 Å². The van der Waals surface area contributed by atoms with E-state index in [4.69, 9.17) is 0 Å². The molecule has 1 aliphatic rings. The van der Waals surface area contributed by atoms with Crippen molar-refractivity contribution in [1.29, 1.82) is 0 Å². The van der Waals surface area contributed by atoms with E-state index in [2.05, 4.69) is 39.0 Å². The summed E-state index contributed by atoms with van der Waals surface area (Å²) in [5, 5.41) is 10.1. The van der Waals surface area contributed by atoms with Crippen LogP contribution in [0.5, 0.6) is 0 Å². The summed E-state index contributed by atoms with van der Waals surface area (Å²) in [5.74, 6) is 1.27. The van der Waals surface area contributed by atoms with Gasteiger partial charge in [0.2, 0.25) is 0 Å². The molecule has 0 aromatic heterocycles. The standard InChI is InChI=1S/C14H20O/c1-9-5-4-6-10(2)12(9)8-14(15)13-7-11(13)3/h4-6,11,13-15H,7-8H2,1-3H3. The van der Waals surface area contributed by atoms with Crippen LogP contribution in [0.3, 0.4) is 0 Å². The van der Waals surface area contributed by atoms with E-state index in [0.717, 1.165) is 12.3 Å². The SMILES string of the molecule is Cc1cccc(C)c1CC(O)C1CC1C. The molecule has 1 N–H and O–H groups in total. The predicted molar refractivity (Wildman–Crippen MR) is 62.9 cm³/mol. The van der Waals surface area contributed by atoms with Crippen molar-refractivity contribution < 1.29 is 5.11 Å². The van der Waals surface area contributed by atoms with Crippen LogP contribution in [0.2, 0.25) is 0 Å². The maximum Gasteiger partial charge on any atom is 0.0611 e. The number of aliphatic hydroxyl groups is 1. The first kappa shape index (κ1) is 10.7. The molecule has 0 bridgehead atoms. The van der Waals surface area contributed by atoms with E-state index in [-0.39, 0.29) is 6.10 Å². The highest BCUT2D eigenvalue weighted by Gasteiger charge is 2.38. The third kappa shape index (κ3) is 2.23. The maximum absolute atomic E-state index is 10.1. The van der Waals surface area contributed by atoms with Gasteiger partial charge in [-0.1, -0.05) is 25.1 Å². The van der Waals surface area contributed by atoms with E-state index in [0.29, 0.717) is 5.92 Å². The van der Waals surface area contributed by atoms with Crippen LogP contribution in [0.25, 0.3) is 0 Å². The molecule has 1 aliphatic carbocycles. The lowest BCUT2D eigenvalue weighted by Gasteiger charge is -2.14. The molecule has 1 fully saturated rings. The van der Waals surface area contributed by atoms with Gasteiger partial charge in [0.25, 0.3) is 0 Å². The molecule has 3 atom stereocenters. The van der Waals surface area contributed by atoms with Crippen LogP contribution in [0, 0.1) is 25.7 Å². The average molecular weight is 204 g/mol. The van der Waals surface area contributed by atoms with Crippen molar-refractivity contribution in [2.24, 2.45) is 11.8 Å². The van der Waals surface area contributed by atoms with Gasteiger partial charge in [-0.05, 0) is 55.2 Å². The molecule has 0 amide bonds. The highest BCUT2D eigenvalue weighted by molar-refractivity contribution is 5.34. The second-order valence-corrected chi connectivity index (χ2v) is 5.02. The van der Waals surface area contributed by atoms with Crippen molar-refractivity contribution in [1.82, 2.24) is 0 Å². The van der Waals surface area contributed by atoms with E-state index >= 15 is 0 Å². The molecule has 1 aromatic rings. The van der Waals surface area contributed by atoms with E-state index in [9.17, 15) is 5.11 Å². The fourth-order valence-corrected chi connectivity index (χ4v) is 2.42. The number of benzene rings is 1. The predicted octanol–water partition coefficient (Wildman–Crippen LogP) is 2.86. The van der Waals surface area contributed by atoms with Crippen LogP contribution in [0.15, 0.2) is 18.2 Å². The molecule has 0 aliphatic heterocycles. The molecule has 2 rings (SSSR count). The molecule has 1 heteroatoms. The fraction of sp³-hybridized carbons (Fsp3) is 0.571. The Morgan fingerprint density at radius 2 is 1.87 bits per heavy atom. The van der Waals surface area contributed by atoms with Crippen LogP contribution in [-0.2, 0) is 6.42 Å². The summed E-state index contributed by atoms with van der Waals surface area (Å²) >= 11 is 0. The fourth-order valence-electron chi connectivity index (χ4n) is 2.42. The molecule has 0 saturated heterocycles. The summed E-state index contributed by atoms with van der Waals surface area (Å²) in [6.45, 7) is 6.48. The van der Waals surface area contributed by atoms with Gasteiger partial charge >= 0.3 is 0 Å². The Hall–Kier alpha value is -0.820. The number of hydrogen-bond donors (Lipinski definition) is 1. The zero-order valence-electron chi connectivity index (χ0n) is 9.83. The van der Waals surface area contributed by atoms with Crippen molar-refractivity contribution >= 4 is 0 Å². The molecule has 1 aromatic carbocycles. The van der Waals surface area contributed by atoms with Gasteiger partial charge in [-0.25, -0.2) is 0 Å². The Morgan fingerprint density at radius 1 is 1.33 bits per heavy atom. The summed E-state index contributed by atoms with van der Waals surface area (Å²) in [5.41, 5.74) is 3.95. The molecule has 1 saturated carbocycles. The topological polar surface area (TPSA) is 20.2 Å². The Balaban J connectivity index is 2.10. The Labute approximate surface area is 92.1 Å². The molecular formula is C14H20O. The quantitative estimate of drug-likeness (QED) is 0.802. The van der Waals surface area contributed by atoms with Gasteiger partial charge in [0, 0.05) is 0 Å². The van der Waals surface area contributed by atoms with Gasteiger partial charge in [0.15, 0.2) is 0 Å². The third-order valence-electron chi connectivity index (χ3n) is 3.72. The Bertz CT molecular complexity index is 336. The molecule has 3 unspecified atom stereocenters. The summed E-state index contributed by atoms with van der Waals surface area (Å²) in [7, 11) is 0. The lowest BCUT2D eigenvalue weighted by atomic mass is 9.95. The van der Waals surface area contributed by atoms with Crippen molar-refractivity contribution in [2.45, 2.75) is 39.7 Å². The van der Waals surface area contributed by atoms with Gasteiger partial charge in [0.1, 0.15) is 0 Å². The van der Waals surface area contributed by atoms with E-state index in [1.807, 2.05) is 0 Å². The maximum atomic E-state index is 10.1. The monoisotopic (exact) mass is 204 g/mol. The minimum atomic E-state index is -0.139. The number of hydrogen-bond acceptors (Lipinski definition) is 1. The third-order valence-corrected chi connectivity index (χ3v) is 3.72. The second-order valence-electron chi connectivity index (χ2n) is 5.02. The minimum absolute atomic E-state index is 0.139. The molecule has 1 nitrogen and oxygen atoms in total. The van der Waals surface area contributed by atoms with Crippen LogP contribution < -0.4 is 0 Å². The summed E-state index contributed by atoms with van der Waals surface area (Å²) < 4.78 is 0. The molecule has 15 heavy (non-hydrogen) atoms. The smallest absolute Gasteiger partial charge is 0.0611 e. The molecule has 0 spiro atoms. The molecular weight excluding hydrogens is 184 g/mol. The van der Waals surface area contributed by atoms with Gasteiger partial charge < -0.3 is 5.11 Å². The van der Waals surface area contributed by atoms with Crippen LogP contribution in [0.4, 0.5) is 0 Å². The zero-order chi connectivity index (χ0) is 11.0. The molecule has 0 radical (unpaired) electrons. The minimum Gasteiger partial charge on any atom is -0.392 e. The number of rotatable bonds is 3. The summed E-state index contributed by atoms with van der Waals surface area (Å²) in [6, 6.07) is 6.34.